The molecule has 0 saturated heterocycles. The fourth-order valence-electron chi connectivity index (χ4n) is 2.85. The van der Waals surface area contributed by atoms with E-state index in [4.69, 9.17) is 4.74 Å². The van der Waals surface area contributed by atoms with Gasteiger partial charge in [-0.1, -0.05) is 25.0 Å². The summed E-state index contributed by atoms with van der Waals surface area (Å²) in [6, 6.07) is 8.75. The van der Waals surface area contributed by atoms with Crippen LogP contribution in [0.2, 0.25) is 0 Å². The summed E-state index contributed by atoms with van der Waals surface area (Å²) in [6.45, 7) is 3.54. The molecule has 0 aliphatic heterocycles. The molecule has 4 heteroatoms. The number of hydrogen-bond acceptors (Lipinski definition) is 3. The summed E-state index contributed by atoms with van der Waals surface area (Å²) in [4.78, 5) is 4.42. The molecule has 1 aromatic carbocycles. The molecule has 0 radical (unpaired) electrons. The first-order valence-electron chi connectivity index (χ1n) is 7.78. The van der Waals surface area contributed by atoms with E-state index in [0.29, 0.717) is 12.6 Å². The second kappa shape index (κ2) is 6.66. The summed E-state index contributed by atoms with van der Waals surface area (Å²) < 4.78 is 7.94. The van der Waals surface area contributed by atoms with Crippen LogP contribution in [0.4, 0.5) is 5.95 Å². The minimum atomic E-state index is 0.587. The minimum absolute atomic E-state index is 0.587. The fraction of sp³-hybridized carbons (Fsp3) is 0.471. The molecular formula is C17H23N3O. The van der Waals surface area contributed by atoms with E-state index in [1.54, 1.807) is 0 Å². The van der Waals surface area contributed by atoms with Gasteiger partial charge in [-0.2, -0.15) is 0 Å². The summed E-state index contributed by atoms with van der Waals surface area (Å²) in [5.41, 5.74) is 1.22. The molecule has 1 aromatic heterocycles. The van der Waals surface area contributed by atoms with E-state index in [2.05, 4.69) is 33.9 Å². The largest absolute Gasteiger partial charge is 0.492 e. The predicted octanol–water partition coefficient (Wildman–Crippen LogP) is 3.63. The average Bonchev–Trinajstić information content (AvgIpc) is 3.12. The highest BCUT2D eigenvalue weighted by Crippen LogP contribution is 2.21. The Morgan fingerprint density at radius 3 is 3.00 bits per heavy atom. The fourth-order valence-corrected chi connectivity index (χ4v) is 2.85. The third kappa shape index (κ3) is 3.78. The number of anilines is 1. The number of benzene rings is 1. The van der Waals surface area contributed by atoms with Crippen molar-refractivity contribution in [2.45, 2.75) is 45.2 Å². The normalized spacial score (nSPS) is 15.3. The molecule has 2 aromatic rings. The van der Waals surface area contributed by atoms with Crippen molar-refractivity contribution in [3.63, 3.8) is 0 Å². The predicted molar refractivity (Wildman–Crippen MR) is 84.8 cm³/mol. The molecule has 1 saturated carbocycles. The Morgan fingerprint density at radius 1 is 1.33 bits per heavy atom. The van der Waals surface area contributed by atoms with Crippen LogP contribution in [0.5, 0.6) is 5.75 Å². The number of nitrogens with one attached hydrogen (secondary N) is 1. The molecule has 0 unspecified atom stereocenters. The molecule has 4 nitrogen and oxygen atoms in total. The van der Waals surface area contributed by atoms with Gasteiger partial charge >= 0.3 is 0 Å². The maximum Gasteiger partial charge on any atom is 0.203 e. The summed E-state index contributed by atoms with van der Waals surface area (Å²) in [5.74, 6) is 1.90. The summed E-state index contributed by atoms with van der Waals surface area (Å²) >= 11 is 0. The van der Waals surface area contributed by atoms with Crippen molar-refractivity contribution in [2.75, 3.05) is 11.9 Å². The Hall–Kier alpha value is -1.97. The van der Waals surface area contributed by atoms with Gasteiger partial charge in [0.15, 0.2) is 0 Å². The van der Waals surface area contributed by atoms with Crippen LogP contribution in [-0.2, 0) is 6.54 Å². The third-order valence-corrected chi connectivity index (χ3v) is 3.99. The summed E-state index contributed by atoms with van der Waals surface area (Å²) in [7, 11) is 0. The van der Waals surface area contributed by atoms with E-state index in [-0.39, 0.29) is 0 Å². The molecule has 1 heterocycles. The molecule has 3 rings (SSSR count). The number of imidazole rings is 1. The van der Waals surface area contributed by atoms with Crippen LogP contribution in [0.15, 0.2) is 36.7 Å². The molecule has 0 amide bonds. The zero-order valence-corrected chi connectivity index (χ0v) is 12.6. The van der Waals surface area contributed by atoms with Crippen LogP contribution < -0.4 is 10.1 Å². The van der Waals surface area contributed by atoms with Crippen molar-refractivity contribution < 1.29 is 4.74 Å². The van der Waals surface area contributed by atoms with Crippen LogP contribution in [0, 0.1) is 6.92 Å². The molecule has 112 valence electrons. The van der Waals surface area contributed by atoms with Gasteiger partial charge in [-0.05, 0) is 37.5 Å². The van der Waals surface area contributed by atoms with Gasteiger partial charge < -0.3 is 14.6 Å². The van der Waals surface area contributed by atoms with Gasteiger partial charge in [-0.15, -0.1) is 0 Å². The SMILES string of the molecule is Cc1cccc(OCCn2ccnc2NC2CCCC2)c1. The standard InChI is InChI=1S/C17H23N3O/c1-14-5-4-8-16(13-14)21-12-11-20-10-9-18-17(20)19-15-6-2-3-7-15/h4-5,8-10,13,15H,2-3,6-7,11-12H2,1H3,(H,18,19). The Labute approximate surface area is 126 Å². The van der Waals surface area contributed by atoms with E-state index >= 15 is 0 Å². The van der Waals surface area contributed by atoms with Gasteiger partial charge in [-0.3, -0.25) is 0 Å². The first-order chi connectivity index (χ1) is 10.3. The Balaban J connectivity index is 1.52. The maximum atomic E-state index is 5.81. The quantitative estimate of drug-likeness (QED) is 0.881. The van der Waals surface area contributed by atoms with Crippen molar-refractivity contribution in [3.05, 3.63) is 42.2 Å². The van der Waals surface area contributed by atoms with E-state index in [1.165, 1.54) is 31.2 Å². The van der Waals surface area contributed by atoms with Crippen LogP contribution in [0.1, 0.15) is 31.2 Å². The number of aryl methyl sites for hydroxylation is 1. The summed E-state index contributed by atoms with van der Waals surface area (Å²) in [6.07, 6.45) is 9.03. The van der Waals surface area contributed by atoms with Gasteiger partial charge in [0.1, 0.15) is 12.4 Å². The Morgan fingerprint density at radius 2 is 2.19 bits per heavy atom. The molecule has 0 atom stereocenters. The van der Waals surface area contributed by atoms with Crippen molar-refractivity contribution in [3.8, 4) is 5.75 Å². The van der Waals surface area contributed by atoms with E-state index in [0.717, 1.165) is 18.2 Å². The van der Waals surface area contributed by atoms with Crippen LogP contribution >= 0.6 is 0 Å². The van der Waals surface area contributed by atoms with Crippen molar-refractivity contribution in [1.29, 1.82) is 0 Å². The average molecular weight is 285 g/mol. The zero-order valence-electron chi connectivity index (χ0n) is 12.6. The van der Waals surface area contributed by atoms with Gasteiger partial charge in [0.25, 0.3) is 0 Å². The number of aromatic nitrogens is 2. The number of ether oxygens (including phenoxy) is 1. The molecule has 1 aliphatic rings. The van der Waals surface area contributed by atoms with Crippen LogP contribution in [0.25, 0.3) is 0 Å². The summed E-state index contributed by atoms with van der Waals surface area (Å²) in [5, 5.41) is 3.54. The van der Waals surface area contributed by atoms with Crippen molar-refractivity contribution in [2.24, 2.45) is 0 Å². The van der Waals surface area contributed by atoms with Gasteiger partial charge in [0.2, 0.25) is 5.95 Å². The van der Waals surface area contributed by atoms with Gasteiger partial charge in [0, 0.05) is 18.4 Å². The van der Waals surface area contributed by atoms with Crippen LogP contribution in [0.3, 0.4) is 0 Å². The lowest BCUT2D eigenvalue weighted by Crippen LogP contribution is -2.19. The van der Waals surface area contributed by atoms with Crippen molar-refractivity contribution >= 4 is 5.95 Å². The highest BCUT2D eigenvalue weighted by atomic mass is 16.5. The molecule has 0 bridgehead atoms. The monoisotopic (exact) mass is 285 g/mol. The van der Waals surface area contributed by atoms with Crippen LogP contribution in [-0.4, -0.2) is 22.2 Å². The lowest BCUT2D eigenvalue weighted by Gasteiger charge is -2.15. The molecular weight excluding hydrogens is 262 g/mol. The highest BCUT2D eigenvalue weighted by molar-refractivity contribution is 5.29. The molecule has 1 fully saturated rings. The second-order valence-corrected chi connectivity index (χ2v) is 5.73. The van der Waals surface area contributed by atoms with Crippen molar-refractivity contribution in [1.82, 2.24) is 9.55 Å². The van der Waals surface area contributed by atoms with E-state index < -0.39 is 0 Å². The lowest BCUT2D eigenvalue weighted by molar-refractivity contribution is 0.299. The number of rotatable bonds is 6. The third-order valence-electron chi connectivity index (χ3n) is 3.99. The van der Waals surface area contributed by atoms with Gasteiger partial charge in [0.05, 0.1) is 6.54 Å². The van der Waals surface area contributed by atoms with Gasteiger partial charge in [-0.25, -0.2) is 4.98 Å². The van der Waals surface area contributed by atoms with E-state index in [1.807, 2.05) is 24.5 Å². The smallest absolute Gasteiger partial charge is 0.203 e. The van der Waals surface area contributed by atoms with E-state index in [9.17, 15) is 0 Å². The number of nitrogens with zero attached hydrogens (tertiary/aromatic N) is 2. The minimum Gasteiger partial charge on any atom is -0.492 e. The molecule has 1 aliphatic carbocycles. The molecule has 1 N–H and O–H groups in total. The Bertz CT molecular complexity index is 573. The topological polar surface area (TPSA) is 39.1 Å². The maximum absolute atomic E-state index is 5.81. The zero-order chi connectivity index (χ0) is 14.5. The molecule has 0 spiro atoms. The first-order valence-corrected chi connectivity index (χ1v) is 7.78. The highest BCUT2D eigenvalue weighted by Gasteiger charge is 2.16. The number of hydrogen-bond donors (Lipinski definition) is 1. The molecule has 21 heavy (non-hydrogen) atoms. The second-order valence-electron chi connectivity index (χ2n) is 5.73. The lowest BCUT2D eigenvalue weighted by atomic mass is 10.2. The Kier molecular flexibility index (Phi) is 4.43. The first kappa shape index (κ1) is 14.0.